The summed E-state index contributed by atoms with van der Waals surface area (Å²) >= 11 is 0. The van der Waals surface area contributed by atoms with Crippen LogP contribution in [0.3, 0.4) is 0 Å². The van der Waals surface area contributed by atoms with Gasteiger partial charge in [-0.25, -0.2) is 0 Å². The van der Waals surface area contributed by atoms with Crippen LogP contribution in [0.2, 0.25) is 0 Å². The van der Waals surface area contributed by atoms with Gasteiger partial charge < -0.3 is 21.1 Å². The molecule has 0 aliphatic rings. The van der Waals surface area contributed by atoms with Gasteiger partial charge in [0.2, 0.25) is 0 Å². The first-order valence-electron chi connectivity index (χ1n) is 3.97. The smallest absolute Gasteiger partial charge is 0.119 e. The van der Waals surface area contributed by atoms with E-state index in [2.05, 4.69) is 0 Å². The van der Waals surface area contributed by atoms with Crippen LogP contribution in [0.15, 0.2) is 18.2 Å². The Bertz CT molecular complexity index is 279. The number of rotatable bonds is 2. The molecule has 4 nitrogen and oxygen atoms in total. The molecule has 0 aliphatic heterocycles. The van der Waals surface area contributed by atoms with E-state index >= 15 is 0 Å². The maximum absolute atomic E-state index is 9.17. The molecule has 0 aromatic heterocycles. The van der Waals surface area contributed by atoms with E-state index in [-0.39, 0.29) is 11.5 Å². The summed E-state index contributed by atoms with van der Waals surface area (Å²) in [6, 6.07) is 3.44. The van der Waals surface area contributed by atoms with Crippen LogP contribution in [0.5, 0.6) is 11.5 Å². The Morgan fingerprint density at radius 1 is 1.15 bits per heavy atom. The number of aromatic hydroxyl groups is 2. The predicted molar refractivity (Wildman–Crippen MR) is 48.4 cm³/mol. The van der Waals surface area contributed by atoms with Crippen molar-refractivity contribution in [2.75, 3.05) is 0 Å². The molecule has 4 heteroatoms. The van der Waals surface area contributed by atoms with Crippen molar-refractivity contribution in [3.63, 3.8) is 0 Å². The number of benzene rings is 1. The fourth-order valence-electron chi connectivity index (χ4n) is 1.09. The quantitative estimate of drug-likeness (QED) is 0.537. The van der Waals surface area contributed by atoms with Crippen LogP contribution in [0, 0.1) is 0 Å². The topological polar surface area (TPSA) is 86.7 Å². The monoisotopic (exact) mass is 183 g/mol. The van der Waals surface area contributed by atoms with Crippen LogP contribution in [0.4, 0.5) is 0 Å². The van der Waals surface area contributed by atoms with E-state index in [9.17, 15) is 0 Å². The van der Waals surface area contributed by atoms with Crippen LogP contribution in [0.1, 0.15) is 18.5 Å². The number of hydrogen-bond acceptors (Lipinski definition) is 4. The number of aliphatic hydroxyl groups is 1. The first-order chi connectivity index (χ1) is 6.00. The number of hydrogen-bond donors (Lipinski definition) is 4. The van der Waals surface area contributed by atoms with Crippen molar-refractivity contribution >= 4 is 0 Å². The lowest BCUT2D eigenvalue weighted by Crippen LogP contribution is -2.22. The second kappa shape index (κ2) is 3.64. The lowest BCUT2D eigenvalue weighted by molar-refractivity contribution is 0.164. The molecule has 0 saturated heterocycles. The maximum atomic E-state index is 9.17. The minimum atomic E-state index is -0.721. The van der Waals surface area contributed by atoms with E-state index < -0.39 is 12.1 Å². The van der Waals surface area contributed by atoms with Crippen molar-refractivity contribution in [1.29, 1.82) is 0 Å². The van der Waals surface area contributed by atoms with E-state index in [0.29, 0.717) is 5.56 Å². The molecule has 0 bridgehead atoms. The highest BCUT2D eigenvalue weighted by atomic mass is 16.3. The molecule has 0 amide bonds. The standard InChI is InChI=1S/C9H13NO3/c1-5(11)9(10)6-2-7(12)4-8(13)3-6/h2-5,9,11-13H,10H2,1H3. The second-order valence-electron chi connectivity index (χ2n) is 3.05. The van der Waals surface area contributed by atoms with Crippen LogP contribution >= 0.6 is 0 Å². The summed E-state index contributed by atoms with van der Waals surface area (Å²) in [5, 5.41) is 27.4. The fourth-order valence-corrected chi connectivity index (χ4v) is 1.09. The fraction of sp³-hybridized carbons (Fsp3) is 0.333. The zero-order valence-electron chi connectivity index (χ0n) is 7.31. The Labute approximate surface area is 76.2 Å². The molecule has 2 atom stereocenters. The third kappa shape index (κ3) is 2.34. The first-order valence-corrected chi connectivity index (χ1v) is 3.97. The van der Waals surface area contributed by atoms with Crippen LogP contribution in [0.25, 0.3) is 0 Å². The zero-order chi connectivity index (χ0) is 10.0. The summed E-state index contributed by atoms with van der Waals surface area (Å²) in [6.45, 7) is 1.55. The number of phenolic OH excluding ortho intramolecular Hbond substituents is 2. The van der Waals surface area contributed by atoms with Gasteiger partial charge in [0.25, 0.3) is 0 Å². The lowest BCUT2D eigenvalue weighted by atomic mass is 10.0. The zero-order valence-corrected chi connectivity index (χ0v) is 7.31. The van der Waals surface area contributed by atoms with E-state index in [4.69, 9.17) is 21.1 Å². The summed E-state index contributed by atoms with van der Waals surface area (Å²) in [4.78, 5) is 0. The molecule has 0 radical (unpaired) electrons. The van der Waals surface area contributed by atoms with Gasteiger partial charge in [0.1, 0.15) is 11.5 Å². The van der Waals surface area contributed by atoms with Gasteiger partial charge in [-0.3, -0.25) is 0 Å². The minimum Gasteiger partial charge on any atom is -0.508 e. The SMILES string of the molecule is CC(O)C(N)c1cc(O)cc(O)c1. The molecular formula is C9H13NO3. The van der Waals surface area contributed by atoms with E-state index in [1.807, 2.05) is 0 Å². The molecule has 0 aliphatic carbocycles. The van der Waals surface area contributed by atoms with Crippen LogP contribution in [-0.4, -0.2) is 21.4 Å². The Morgan fingerprint density at radius 2 is 1.62 bits per heavy atom. The van der Waals surface area contributed by atoms with Gasteiger partial charge in [0.15, 0.2) is 0 Å². The number of phenols is 2. The van der Waals surface area contributed by atoms with Gasteiger partial charge in [-0.1, -0.05) is 0 Å². The van der Waals surface area contributed by atoms with Crippen LogP contribution in [-0.2, 0) is 0 Å². The van der Waals surface area contributed by atoms with Gasteiger partial charge in [0.05, 0.1) is 12.1 Å². The van der Waals surface area contributed by atoms with E-state index in [1.54, 1.807) is 6.92 Å². The van der Waals surface area contributed by atoms with Crippen molar-refractivity contribution in [2.24, 2.45) is 5.73 Å². The normalized spacial score (nSPS) is 15.3. The third-order valence-corrected chi connectivity index (χ3v) is 1.83. The molecule has 13 heavy (non-hydrogen) atoms. The lowest BCUT2D eigenvalue weighted by Gasteiger charge is -2.15. The van der Waals surface area contributed by atoms with Crippen molar-refractivity contribution < 1.29 is 15.3 Å². The van der Waals surface area contributed by atoms with Gasteiger partial charge in [-0.05, 0) is 24.6 Å². The van der Waals surface area contributed by atoms with Crippen LogP contribution < -0.4 is 5.73 Å². The summed E-state index contributed by atoms with van der Waals surface area (Å²) in [5.74, 6) is -0.128. The Morgan fingerprint density at radius 3 is 2.00 bits per heavy atom. The summed E-state index contributed by atoms with van der Waals surface area (Å²) in [7, 11) is 0. The molecule has 2 unspecified atom stereocenters. The predicted octanol–water partition coefficient (Wildman–Crippen LogP) is 0.478. The van der Waals surface area contributed by atoms with Gasteiger partial charge >= 0.3 is 0 Å². The van der Waals surface area contributed by atoms with E-state index in [1.165, 1.54) is 18.2 Å². The summed E-state index contributed by atoms with van der Waals surface area (Å²) < 4.78 is 0. The molecule has 0 saturated carbocycles. The largest absolute Gasteiger partial charge is 0.508 e. The highest BCUT2D eigenvalue weighted by Gasteiger charge is 2.13. The van der Waals surface area contributed by atoms with Crippen molar-refractivity contribution in [3.05, 3.63) is 23.8 Å². The maximum Gasteiger partial charge on any atom is 0.119 e. The van der Waals surface area contributed by atoms with Crippen molar-refractivity contribution in [1.82, 2.24) is 0 Å². The highest BCUT2D eigenvalue weighted by molar-refractivity contribution is 5.38. The van der Waals surface area contributed by atoms with Crippen molar-refractivity contribution in [2.45, 2.75) is 19.1 Å². The molecule has 0 spiro atoms. The summed E-state index contributed by atoms with van der Waals surface area (Å²) in [5.41, 5.74) is 6.11. The average Bonchev–Trinajstić information content (AvgIpc) is 2.01. The third-order valence-electron chi connectivity index (χ3n) is 1.83. The average molecular weight is 183 g/mol. The highest BCUT2D eigenvalue weighted by Crippen LogP contribution is 2.25. The van der Waals surface area contributed by atoms with Gasteiger partial charge in [0, 0.05) is 6.07 Å². The van der Waals surface area contributed by atoms with Gasteiger partial charge in [-0.2, -0.15) is 0 Å². The molecule has 0 heterocycles. The minimum absolute atomic E-state index is 0.0638. The Kier molecular flexibility index (Phi) is 2.75. The summed E-state index contributed by atoms with van der Waals surface area (Å²) in [6.07, 6.45) is -0.721. The molecule has 72 valence electrons. The molecule has 0 fully saturated rings. The Hall–Kier alpha value is -1.26. The van der Waals surface area contributed by atoms with Gasteiger partial charge in [-0.15, -0.1) is 0 Å². The molecular weight excluding hydrogens is 170 g/mol. The number of nitrogens with two attached hydrogens (primary N) is 1. The second-order valence-corrected chi connectivity index (χ2v) is 3.05. The molecule has 1 rings (SSSR count). The number of aliphatic hydroxyl groups excluding tert-OH is 1. The molecule has 1 aromatic carbocycles. The van der Waals surface area contributed by atoms with E-state index in [0.717, 1.165) is 0 Å². The molecule has 5 N–H and O–H groups in total. The Balaban J connectivity index is 3.01. The van der Waals surface area contributed by atoms with Crippen molar-refractivity contribution in [3.8, 4) is 11.5 Å². The first kappa shape index (κ1) is 9.83. The molecule has 1 aromatic rings.